The Morgan fingerprint density at radius 2 is 2.09 bits per heavy atom. The molecule has 2 saturated heterocycles. The summed E-state index contributed by atoms with van der Waals surface area (Å²) in [5, 5.41) is 2.77. The molecule has 2 heterocycles. The van der Waals surface area contributed by atoms with E-state index >= 15 is 0 Å². The molecule has 2 atom stereocenters. The first-order valence-electron chi connectivity index (χ1n) is 7.76. The van der Waals surface area contributed by atoms with Crippen molar-refractivity contribution in [2.45, 2.75) is 25.6 Å². The van der Waals surface area contributed by atoms with Gasteiger partial charge in [0.1, 0.15) is 12.4 Å². The zero-order chi connectivity index (χ0) is 16.4. The molecule has 0 bridgehead atoms. The lowest BCUT2D eigenvalue weighted by molar-refractivity contribution is -0.153. The van der Waals surface area contributed by atoms with Crippen molar-refractivity contribution in [2.75, 3.05) is 26.2 Å². The first kappa shape index (κ1) is 15.7. The number of hydrogen-bond donors (Lipinski definition) is 1. The van der Waals surface area contributed by atoms with E-state index in [4.69, 9.17) is 4.74 Å². The van der Waals surface area contributed by atoms with Gasteiger partial charge in [0.25, 0.3) is 0 Å². The van der Waals surface area contributed by atoms with Gasteiger partial charge in [-0.25, -0.2) is 9.18 Å². The zero-order valence-corrected chi connectivity index (χ0v) is 13.0. The molecule has 124 valence electrons. The van der Waals surface area contributed by atoms with Crippen LogP contribution in [-0.2, 0) is 16.1 Å². The van der Waals surface area contributed by atoms with Gasteiger partial charge in [-0.15, -0.1) is 0 Å². The number of ether oxygens (including phenoxy) is 1. The molecule has 0 aromatic heterocycles. The summed E-state index contributed by atoms with van der Waals surface area (Å²) in [6.07, 6.45) is -0.171. The van der Waals surface area contributed by atoms with Crippen molar-refractivity contribution in [1.29, 1.82) is 0 Å². The Balaban J connectivity index is 1.72. The van der Waals surface area contributed by atoms with Crippen molar-refractivity contribution in [1.82, 2.24) is 15.1 Å². The number of likely N-dealkylation sites (tertiary alicyclic amines) is 1. The molecule has 0 aliphatic carbocycles. The number of morpholine rings is 1. The molecular weight excluding hydrogens is 301 g/mol. The van der Waals surface area contributed by atoms with Crippen LogP contribution in [0.1, 0.15) is 12.5 Å². The SMILES string of the molecule is CCNC(=O)N1C[C@@H]2OCC(=O)N(Cc3ccc(F)cc3)[C@@H]2C1. The van der Waals surface area contributed by atoms with Crippen LogP contribution in [-0.4, -0.2) is 60.1 Å². The number of rotatable bonds is 3. The fourth-order valence-electron chi connectivity index (χ4n) is 3.09. The molecule has 2 aliphatic heterocycles. The van der Waals surface area contributed by atoms with E-state index in [0.717, 1.165) is 5.56 Å². The number of fused-ring (bicyclic) bond motifs is 1. The fourth-order valence-corrected chi connectivity index (χ4v) is 3.09. The minimum Gasteiger partial charge on any atom is -0.364 e. The number of carbonyl (C=O) groups is 2. The lowest BCUT2D eigenvalue weighted by Crippen LogP contribution is -2.53. The van der Waals surface area contributed by atoms with Gasteiger partial charge in [-0.05, 0) is 24.6 Å². The summed E-state index contributed by atoms with van der Waals surface area (Å²) in [7, 11) is 0. The average Bonchev–Trinajstić information content (AvgIpc) is 2.97. The lowest BCUT2D eigenvalue weighted by atomic mass is 10.1. The Hall–Kier alpha value is -2.15. The second-order valence-corrected chi connectivity index (χ2v) is 5.81. The van der Waals surface area contributed by atoms with Crippen molar-refractivity contribution in [3.8, 4) is 0 Å². The van der Waals surface area contributed by atoms with Crippen LogP contribution in [0.2, 0.25) is 0 Å². The molecular formula is C16H20FN3O3. The standard InChI is InChI=1S/C16H20FN3O3/c1-2-18-16(22)19-8-13-14(9-19)23-10-15(21)20(13)7-11-3-5-12(17)6-4-11/h3-6,13-14H,2,7-10H2,1H3,(H,18,22)/t13-,14+/m1/s1. The molecule has 0 spiro atoms. The van der Waals surface area contributed by atoms with Crippen molar-refractivity contribution in [3.63, 3.8) is 0 Å². The highest BCUT2D eigenvalue weighted by molar-refractivity contribution is 5.79. The van der Waals surface area contributed by atoms with Gasteiger partial charge >= 0.3 is 6.03 Å². The molecule has 3 rings (SSSR count). The van der Waals surface area contributed by atoms with Crippen LogP contribution in [0.3, 0.4) is 0 Å². The first-order chi connectivity index (χ1) is 11.1. The predicted octanol–water partition coefficient (Wildman–Crippen LogP) is 0.967. The van der Waals surface area contributed by atoms with E-state index < -0.39 is 0 Å². The van der Waals surface area contributed by atoms with Gasteiger partial charge in [0.05, 0.1) is 18.7 Å². The number of urea groups is 1. The molecule has 6 nitrogen and oxygen atoms in total. The molecule has 3 amide bonds. The fraction of sp³-hybridized carbons (Fsp3) is 0.500. The third-order valence-electron chi connectivity index (χ3n) is 4.26. The number of carbonyl (C=O) groups excluding carboxylic acids is 2. The largest absolute Gasteiger partial charge is 0.364 e. The topological polar surface area (TPSA) is 61.9 Å². The Labute approximate surface area is 134 Å². The summed E-state index contributed by atoms with van der Waals surface area (Å²) >= 11 is 0. The second-order valence-electron chi connectivity index (χ2n) is 5.81. The van der Waals surface area contributed by atoms with Gasteiger partial charge in [-0.2, -0.15) is 0 Å². The third kappa shape index (κ3) is 3.29. The van der Waals surface area contributed by atoms with Crippen molar-refractivity contribution in [2.24, 2.45) is 0 Å². The Kier molecular flexibility index (Phi) is 4.47. The summed E-state index contributed by atoms with van der Waals surface area (Å²) in [5.74, 6) is -0.406. The number of hydrogen-bond acceptors (Lipinski definition) is 3. The van der Waals surface area contributed by atoms with Gasteiger partial charge in [-0.3, -0.25) is 4.79 Å². The van der Waals surface area contributed by atoms with Crippen LogP contribution < -0.4 is 5.32 Å². The molecule has 1 aromatic rings. The molecule has 1 aromatic carbocycles. The van der Waals surface area contributed by atoms with Crippen molar-refractivity contribution in [3.05, 3.63) is 35.6 Å². The summed E-state index contributed by atoms with van der Waals surface area (Å²) in [4.78, 5) is 27.6. The number of nitrogens with zero attached hydrogens (tertiary/aromatic N) is 2. The molecule has 0 saturated carbocycles. The van der Waals surface area contributed by atoms with E-state index in [9.17, 15) is 14.0 Å². The highest BCUT2D eigenvalue weighted by Gasteiger charge is 2.44. The maximum absolute atomic E-state index is 13.0. The van der Waals surface area contributed by atoms with Crippen LogP contribution in [0.25, 0.3) is 0 Å². The highest BCUT2D eigenvalue weighted by atomic mass is 19.1. The minimum atomic E-state index is -0.303. The van der Waals surface area contributed by atoms with Gasteiger partial charge in [0, 0.05) is 19.6 Å². The number of amides is 3. The maximum atomic E-state index is 13.0. The third-order valence-corrected chi connectivity index (χ3v) is 4.26. The molecule has 0 radical (unpaired) electrons. The Morgan fingerprint density at radius 1 is 1.35 bits per heavy atom. The van der Waals surface area contributed by atoms with Crippen LogP contribution >= 0.6 is 0 Å². The monoisotopic (exact) mass is 321 g/mol. The van der Waals surface area contributed by atoms with Crippen LogP contribution in [0.4, 0.5) is 9.18 Å². The molecule has 1 N–H and O–H groups in total. The lowest BCUT2D eigenvalue weighted by Gasteiger charge is -2.36. The minimum absolute atomic E-state index is 0.0194. The van der Waals surface area contributed by atoms with Crippen molar-refractivity contribution >= 4 is 11.9 Å². The molecule has 2 aliphatic rings. The Bertz CT molecular complexity index is 593. The van der Waals surface area contributed by atoms with Crippen LogP contribution in [0.15, 0.2) is 24.3 Å². The van der Waals surface area contributed by atoms with Crippen molar-refractivity contribution < 1.29 is 18.7 Å². The van der Waals surface area contributed by atoms with E-state index in [0.29, 0.717) is 26.2 Å². The number of benzene rings is 1. The Morgan fingerprint density at radius 3 is 2.78 bits per heavy atom. The summed E-state index contributed by atoms with van der Waals surface area (Å²) in [6, 6.07) is 5.80. The highest BCUT2D eigenvalue weighted by Crippen LogP contribution is 2.25. The van der Waals surface area contributed by atoms with E-state index in [2.05, 4.69) is 5.32 Å². The number of nitrogens with one attached hydrogen (secondary N) is 1. The predicted molar refractivity (Wildman–Crippen MR) is 81.1 cm³/mol. The normalized spacial score (nSPS) is 23.8. The van der Waals surface area contributed by atoms with E-state index in [1.165, 1.54) is 12.1 Å². The second kappa shape index (κ2) is 6.54. The average molecular weight is 321 g/mol. The van der Waals surface area contributed by atoms with E-state index in [-0.39, 0.29) is 36.5 Å². The summed E-state index contributed by atoms with van der Waals surface area (Å²) in [6.45, 7) is 3.76. The van der Waals surface area contributed by atoms with E-state index in [1.54, 1.807) is 21.9 Å². The molecule has 2 fully saturated rings. The van der Waals surface area contributed by atoms with Gasteiger partial charge < -0.3 is 19.9 Å². The summed E-state index contributed by atoms with van der Waals surface area (Å²) in [5.41, 5.74) is 0.858. The van der Waals surface area contributed by atoms with Crippen LogP contribution in [0, 0.1) is 5.82 Å². The van der Waals surface area contributed by atoms with Gasteiger partial charge in [-0.1, -0.05) is 12.1 Å². The summed E-state index contributed by atoms with van der Waals surface area (Å²) < 4.78 is 18.6. The van der Waals surface area contributed by atoms with E-state index in [1.807, 2.05) is 6.92 Å². The molecule has 7 heteroatoms. The number of halogens is 1. The van der Waals surface area contributed by atoms with Gasteiger partial charge in [0.2, 0.25) is 5.91 Å². The molecule has 0 unspecified atom stereocenters. The van der Waals surface area contributed by atoms with Gasteiger partial charge in [0.15, 0.2) is 0 Å². The zero-order valence-electron chi connectivity index (χ0n) is 13.0. The first-order valence-corrected chi connectivity index (χ1v) is 7.76. The molecule has 23 heavy (non-hydrogen) atoms. The van der Waals surface area contributed by atoms with Crippen LogP contribution in [0.5, 0.6) is 0 Å². The quantitative estimate of drug-likeness (QED) is 0.902. The smallest absolute Gasteiger partial charge is 0.317 e. The maximum Gasteiger partial charge on any atom is 0.317 e.